The van der Waals surface area contributed by atoms with E-state index in [4.69, 9.17) is 0 Å². The number of nitrogens with zero attached hydrogens (tertiary/aromatic N) is 2. The fourth-order valence-electron chi connectivity index (χ4n) is 2.52. The second-order valence-corrected chi connectivity index (χ2v) is 6.37. The summed E-state index contributed by atoms with van der Waals surface area (Å²) >= 11 is 0. The highest BCUT2D eigenvalue weighted by molar-refractivity contribution is 5.50. The molecule has 0 N–H and O–H groups in total. The zero-order chi connectivity index (χ0) is 20.3. The van der Waals surface area contributed by atoms with Crippen LogP contribution in [0.5, 0.6) is 0 Å². The Kier molecular flexibility index (Phi) is 15.7. The molecule has 0 atom stereocenters. The van der Waals surface area contributed by atoms with Gasteiger partial charge in [-0.25, -0.2) is 0 Å². The summed E-state index contributed by atoms with van der Waals surface area (Å²) in [5.74, 6) is 0. The molecule has 0 fully saturated rings. The topological polar surface area (TPSA) is 103 Å². The molecule has 27 heavy (non-hydrogen) atoms. The van der Waals surface area contributed by atoms with E-state index >= 15 is 0 Å². The van der Waals surface area contributed by atoms with Crippen molar-refractivity contribution in [2.75, 3.05) is 0 Å². The van der Waals surface area contributed by atoms with Crippen LogP contribution in [0.4, 0.5) is 0 Å². The van der Waals surface area contributed by atoms with Crippen LogP contribution < -0.4 is 0 Å². The Hall–Kier alpha value is -2.31. The summed E-state index contributed by atoms with van der Waals surface area (Å²) in [5.41, 5.74) is 0.186. The average molecular weight is 379 g/mol. The Bertz CT molecular complexity index is 538. The molecule has 0 aliphatic carbocycles. The van der Waals surface area contributed by atoms with Gasteiger partial charge in [-0.15, -0.1) is 0 Å². The van der Waals surface area contributed by atoms with Gasteiger partial charge in [0.15, 0.2) is 6.29 Å². The molecule has 0 saturated heterocycles. The quantitative estimate of drug-likeness (QED) is 0.140. The predicted molar refractivity (Wildman–Crippen MR) is 106 cm³/mol. The zero-order valence-electron chi connectivity index (χ0n) is 16.2. The Morgan fingerprint density at radius 2 is 1.56 bits per heavy atom. The Labute approximate surface area is 161 Å². The van der Waals surface area contributed by atoms with Crippen molar-refractivity contribution >= 4 is 6.29 Å². The van der Waals surface area contributed by atoms with Gasteiger partial charge < -0.3 is 0 Å². The van der Waals surface area contributed by atoms with Gasteiger partial charge in [-0.2, -0.15) is 0 Å². The van der Waals surface area contributed by atoms with Crippen LogP contribution in [0.2, 0.25) is 0 Å². The van der Waals surface area contributed by atoms with E-state index in [1.54, 1.807) is 6.08 Å². The van der Waals surface area contributed by atoms with Crippen molar-refractivity contribution in [2.24, 2.45) is 0 Å². The van der Waals surface area contributed by atoms with Crippen molar-refractivity contribution in [2.45, 2.75) is 84.0 Å². The number of unbranched alkanes of at least 4 members (excludes halogenated alkanes) is 7. The number of hydrogen-bond acceptors (Lipinski definition) is 5. The van der Waals surface area contributed by atoms with E-state index in [0.29, 0.717) is 12.8 Å². The third-order valence-electron chi connectivity index (χ3n) is 4.11. The van der Waals surface area contributed by atoms with Crippen molar-refractivity contribution in [1.29, 1.82) is 0 Å². The van der Waals surface area contributed by atoms with Gasteiger partial charge in [-0.1, -0.05) is 44.8 Å². The van der Waals surface area contributed by atoms with Gasteiger partial charge in [0.1, 0.15) is 0 Å². The van der Waals surface area contributed by atoms with Crippen molar-refractivity contribution in [3.8, 4) is 0 Å². The fourth-order valence-corrected chi connectivity index (χ4v) is 2.52. The van der Waals surface area contributed by atoms with E-state index in [9.17, 15) is 25.0 Å². The molecule has 0 rings (SSSR count). The Morgan fingerprint density at radius 3 is 2.19 bits per heavy atom. The van der Waals surface area contributed by atoms with E-state index in [-0.39, 0.29) is 24.2 Å². The lowest BCUT2D eigenvalue weighted by molar-refractivity contribution is -0.428. The van der Waals surface area contributed by atoms with Crippen molar-refractivity contribution < 1.29 is 14.6 Å². The summed E-state index contributed by atoms with van der Waals surface area (Å²) < 4.78 is 0. The van der Waals surface area contributed by atoms with Gasteiger partial charge >= 0.3 is 0 Å². The molecule has 0 spiro atoms. The molecule has 0 aromatic rings. The van der Waals surface area contributed by atoms with Gasteiger partial charge in [0, 0.05) is 12.8 Å². The minimum atomic E-state index is -0.434. The molecule has 0 amide bonds. The first kappa shape index (κ1) is 24.7. The summed E-state index contributed by atoms with van der Waals surface area (Å²) in [6.45, 7) is 2.03. The first-order valence-electron chi connectivity index (χ1n) is 9.69. The summed E-state index contributed by atoms with van der Waals surface area (Å²) in [4.78, 5) is 31.4. The second kappa shape index (κ2) is 17.1. The molecule has 0 aliphatic rings. The summed E-state index contributed by atoms with van der Waals surface area (Å²) in [6.07, 6.45) is 17.2. The second-order valence-electron chi connectivity index (χ2n) is 6.37. The van der Waals surface area contributed by atoms with Crippen LogP contribution in [0, 0.1) is 20.2 Å². The standard InChI is InChI=1S/C20H31N2O5/c1-2-3-10-14-19(21(24)25)16-13-17-20(22(26)27)15-11-8-6-4-5-7-9-12-18-23/h8,11,16-17H,2-7,9-10,12-15H2,1H3/b11-8+,19-16-,20-17-. The molecule has 0 aliphatic heterocycles. The zero-order valence-corrected chi connectivity index (χ0v) is 16.2. The van der Waals surface area contributed by atoms with E-state index in [2.05, 4.69) is 0 Å². The number of carbonyl (C=O) groups excluding carboxylic acids is 1. The van der Waals surface area contributed by atoms with Gasteiger partial charge in [0.2, 0.25) is 11.4 Å². The number of nitro groups is 2. The normalized spacial score (nSPS) is 12.5. The van der Waals surface area contributed by atoms with Crippen molar-refractivity contribution in [3.63, 3.8) is 0 Å². The first-order chi connectivity index (χ1) is 13.0. The van der Waals surface area contributed by atoms with Crippen LogP contribution in [0.3, 0.4) is 0 Å². The molecule has 0 aromatic carbocycles. The van der Waals surface area contributed by atoms with Gasteiger partial charge in [-0.3, -0.25) is 25.0 Å². The molecular formula is C20H31N2O5. The highest BCUT2D eigenvalue weighted by Crippen LogP contribution is 2.13. The van der Waals surface area contributed by atoms with E-state index in [1.165, 1.54) is 12.2 Å². The summed E-state index contributed by atoms with van der Waals surface area (Å²) in [5, 5.41) is 22.1. The lowest BCUT2D eigenvalue weighted by Gasteiger charge is -1.98. The maximum absolute atomic E-state index is 11.1. The molecular weight excluding hydrogens is 348 g/mol. The van der Waals surface area contributed by atoms with Gasteiger partial charge in [-0.05, 0) is 44.3 Å². The maximum atomic E-state index is 11.1. The van der Waals surface area contributed by atoms with Crippen LogP contribution >= 0.6 is 0 Å². The highest BCUT2D eigenvalue weighted by atomic mass is 16.6. The van der Waals surface area contributed by atoms with Crippen LogP contribution in [0.25, 0.3) is 0 Å². The lowest BCUT2D eigenvalue weighted by Crippen LogP contribution is -2.00. The molecule has 0 aromatic heterocycles. The van der Waals surface area contributed by atoms with Crippen molar-refractivity contribution in [3.05, 3.63) is 55.9 Å². The van der Waals surface area contributed by atoms with E-state index in [1.807, 2.05) is 19.3 Å². The van der Waals surface area contributed by atoms with Crippen LogP contribution in [-0.2, 0) is 4.79 Å². The molecule has 0 bridgehead atoms. The first-order valence-corrected chi connectivity index (χ1v) is 9.69. The highest BCUT2D eigenvalue weighted by Gasteiger charge is 2.11. The molecule has 0 unspecified atom stereocenters. The molecule has 7 nitrogen and oxygen atoms in total. The maximum Gasteiger partial charge on any atom is 0.246 e. The monoisotopic (exact) mass is 379 g/mol. The molecule has 0 heterocycles. The Morgan fingerprint density at radius 1 is 0.889 bits per heavy atom. The minimum Gasteiger partial charge on any atom is -0.291 e. The number of rotatable bonds is 17. The van der Waals surface area contributed by atoms with Crippen LogP contribution in [-0.4, -0.2) is 16.1 Å². The summed E-state index contributed by atoms with van der Waals surface area (Å²) in [6, 6.07) is 0. The van der Waals surface area contributed by atoms with Gasteiger partial charge in [0.25, 0.3) is 0 Å². The molecule has 7 heteroatoms. The number of hydrogen-bond donors (Lipinski definition) is 0. The van der Waals surface area contributed by atoms with Gasteiger partial charge in [0.05, 0.1) is 16.3 Å². The minimum absolute atomic E-state index is 0.0558. The molecule has 151 valence electrons. The van der Waals surface area contributed by atoms with E-state index in [0.717, 1.165) is 51.4 Å². The van der Waals surface area contributed by atoms with Crippen molar-refractivity contribution in [1.82, 2.24) is 0 Å². The lowest BCUT2D eigenvalue weighted by atomic mass is 10.1. The SMILES string of the molecule is CCCCC/C(=C/C/C=C(/C/C=C/CCCCCC[C]=O)[N+](=O)[O-])[N+](=O)[O-]. The average Bonchev–Trinajstić information content (AvgIpc) is 2.63. The van der Waals surface area contributed by atoms with Crippen LogP contribution in [0.15, 0.2) is 35.7 Å². The molecule has 1 radical (unpaired) electrons. The fraction of sp³-hybridized carbons (Fsp3) is 0.650. The third kappa shape index (κ3) is 14.5. The van der Waals surface area contributed by atoms with Crippen LogP contribution in [0.1, 0.15) is 84.0 Å². The largest absolute Gasteiger partial charge is 0.291 e. The molecule has 0 saturated carbocycles. The summed E-state index contributed by atoms with van der Waals surface area (Å²) in [7, 11) is 0. The predicted octanol–water partition coefficient (Wildman–Crippen LogP) is 5.67. The van der Waals surface area contributed by atoms with E-state index < -0.39 is 9.85 Å². The number of allylic oxidation sites excluding steroid dienone is 5. The third-order valence-corrected chi connectivity index (χ3v) is 4.11. The smallest absolute Gasteiger partial charge is 0.246 e. The Balaban J connectivity index is 4.37.